The highest BCUT2D eigenvalue weighted by molar-refractivity contribution is 7.90. The first-order chi connectivity index (χ1) is 18.7. The third-order valence-electron chi connectivity index (χ3n) is 10.8. The molecule has 0 radical (unpaired) electrons. The molecule has 7 heteroatoms. The number of rotatable bonds is 8. The summed E-state index contributed by atoms with van der Waals surface area (Å²) in [6.45, 7) is 15.8. The number of fused-ring (bicyclic) bond motifs is 1. The molecule has 2 aliphatic carbocycles. The number of hydrogen-bond acceptors (Lipinski definition) is 4. The Hall–Kier alpha value is -1.96. The van der Waals surface area contributed by atoms with Crippen LogP contribution in [0.1, 0.15) is 74.1 Å². The zero-order chi connectivity index (χ0) is 29.1. The van der Waals surface area contributed by atoms with E-state index in [1.165, 1.54) is 14.7 Å². The van der Waals surface area contributed by atoms with Crippen LogP contribution in [0.3, 0.4) is 0 Å². The average Bonchev–Trinajstić information content (AvgIpc) is 3.37. The van der Waals surface area contributed by atoms with Crippen molar-refractivity contribution in [3.05, 3.63) is 60.7 Å². The first-order valence-corrected chi connectivity index (χ1v) is 18.5. The van der Waals surface area contributed by atoms with Gasteiger partial charge in [0, 0.05) is 17.9 Å². The Morgan fingerprint density at radius 3 is 2.08 bits per heavy atom. The van der Waals surface area contributed by atoms with Crippen LogP contribution in [0.15, 0.2) is 60.7 Å². The van der Waals surface area contributed by atoms with E-state index in [0.717, 1.165) is 19.3 Å². The number of benzene rings is 2. The third kappa shape index (κ3) is 4.42. The van der Waals surface area contributed by atoms with E-state index in [9.17, 15) is 13.2 Å². The zero-order valence-corrected chi connectivity index (χ0v) is 27.1. The lowest BCUT2D eigenvalue weighted by molar-refractivity contribution is -0.133. The molecule has 0 aromatic heterocycles. The van der Waals surface area contributed by atoms with E-state index < -0.39 is 18.3 Å². The molecule has 0 N–H and O–H groups in total. The average molecular weight is 582 g/mol. The van der Waals surface area contributed by atoms with E-state index in [4.69, 9.17) is 4.43 Å². The summed E-state index contributed by atoms with van der Waals surface area (Å²) in [5.74, 6) is 0.111. The van der Waals surface area contributed by atoms with Crippen LogP contribution in [0.25, 0.3) is 0 Å². The number of carbonyl (C=O) groups is 1. The van der Waals surface area contributed by atoms with Crippen molar-refractivity contribution in [2.24, 2.45) is 28.6 Å². The topological polar surface area (TPSA) is 63.7 Å². The molecule has 40 heavy (non-hydrogen) atoms. The van der Waals surface area contributed by atoms with Crippen LogP contribution >= 0.6 is 0 Å². The largest absolute Gasteiger partial charge is 0.407 e. The molecule has 1 heterocycles. The predicted molar refractivity (Wildman–Crippen MR) is 164 cm³/mol. The second-order valence-electron chi connectivity index (χ2n) is 14.5. The van der Waals surface area contributed by atoms with Crippen LogP contribution < -0.4 is 10.4 Å². The molecule has 2 aromatic rings. The maximum Gasteiger partial charge on any atom is 0.261 e. The Bertz CT molecular complexity index is 1300. The standard InChI is InChI=1S/C33H47NO4SSi/c1-24(22-38-40(31(3,4)5,27-14-10-8-11-15-27)28-16-12-9-13-17-28)20-25(2)30(35)34-29-21-26-18-19-33(29,32(26,6)7)23-39(34,36)37/h8-17,24-26,29H,18-23H2,1-7H3/t24-,25-,26-,29-,33-/m0/s1. The van der Waals surface area contributed by atoms with Crippen molar-refractivity contribution in [2.75, 3.05) is 12.4 Å². The molecular weight excluding hydrogens is 535 g/mol. The van der Waals surface area contributed by atoms with Gasteiger partial charge < -0.3 is 4.43 Å². The normalized spacial score (nSPS) is 28.3. The van der Waals surface area contributed by atoms with Crippen LogP contribution in [-0.4, -0.2) is 45.3 Å². The summed E-state index contributed by atoms with van der Waals surface area (Å²) in [7, 11) is -6.28. The summed E-state index contributed by atoms with van der Waals surface area (Å²) in [4.78, 5) is 13.8. The van der Waals surface area contributed by atoms with Gasteiger partial charge in [0.2, 0.25) is 15.9 Å². The van der Waals surface area contributed by atoms with E-state index in [1.807, 2.05) is 19.1 Å². The SMILES string of the molecule is C[C@H](CO[Si](c1ccccc1)(c1ccccc1)C(C)(C)C)C[C@H](C)C(=O)N1[C@H]2C[C@@H]3CC[C@@]2(CS1(=O)=O)C3(C)C. The lowest BCUT2D eigenvalue weighted by atomic mass is 9.69. The van der Waals surface area contributed by atoms with Gasteiger partial charge in [-0.25, -0.2) is 12.7 Å². The van der Waals surface area contributed by atoms with Crippen molar-refractivity contribution in [2.45, 2.75) is 85.2 Å². The Morgan fingerprint density at radius 2 is 1.57 bits per heavy atom. The molecule has 3 fully saturated rings. The van der Waals surface area contributed by atoms with E-state index in [2.05, 4.69) is 90.1 Å². The van der Waals surface area contributed by atoms with Gasteiger partial charge in [-0.2, -0.15) is 0 Å². The molecule has 5 nitrogen and oxygen atoms in total. The van der Waals surface area contributed by atoms with Gasteiger partial charge in [0.1, 0.15) is 0 Å². The Labute approximate surface area is 242 Å². The third-order valence-corrected chi connectivity index (χ3v) is 17.7. The summed E-state index contributed by atoms with van der Waals surface area (Å²) >= 11 is 0. The van der Waals surface area contributed by atoms with Gasteiger partial charge in [0.05, 0.1) is 11.8 Å². The molecular formula is C33H47NO4SSi. The minimum atomic E-state index is -3.61. The Balaban J connectivity index is 1.35. The maximum absolute atomic E-state index is 13.8. The summed E-state index contributed by atoms with van der Waals surface area (Å²) in [6, 6.07) is 21.0. The number of amides is 1. The summed E-state index contributed by atoms with van der Waals surface area (Å²) < 4.78 is 35.3. The highest BCUT2D eigenvalue weighted by atomic mass is 32.2. The van der Waals surface area contributed by atoms with Crippen molar-refractivity contribution in [3.8, 4) is 0 Å². The summed E-state index contributed by atoms with van der Waals surface area (Å²) in [5.41, 5.74) is -0.330. The first kappa shape index (κ1) is 29.5. The fourth-order valence-electron chi connectivity index (χ4n) is 8.60. The Kier molecular flexibility index (Phi) is 7.45. The predicted octanol–water partition coefficient (Wildman–Crippen LogP) is 5.59. The van der Waals surface area contributed by atoms with E-state index in [1.54, 1.807) is 0 Å². The van der Waals surface area contributed by atoms with Crippen LogP contribution in [0.4, 0.5) is 0 Å². The molecule has 3 aliphatic rings. The number of sulfonamides is 1. The van der Waals surface area contributed by atoms with E-state index >= 15 is 0 Å². The molecule has 0 unspecified atom stereocenters. The quantitative estimate of drug-likeness (QED) is 0.381. The van der Waals surface area contributed by atoms with Gasteiger partial charge in [-0.05, 0) is 58.3 Å². The lowest BCUT2D eigenvalue weighted by Gasteiger charge is -2.43. The van der Waals surface area contributed by atoms with Crippen molar-refractivity contribution < 1.29 is 17.6 Å². The van der Waals surface area contributed by atoms with Gasteiger partial charge in [0.25, 0.3) is 8.32 Å². The van der Waals surface area contributed by atoms with Gasteiger partial charge in [-0.15, -0.1) is 0 Å². The fraction of sp³-hybridized carbons (Fsp3) is 0.606. The van der Waals surface area contributed by atoms with Gasteiger partial charge in [-0.1, -0.05) is 109 Å². The summed E-state index contributed by atoms with van der Waals surface area (Å²) in [6.07, 6.45) is 3.40. The van der Waals surface area contributed by atoms with Crippen LogP contribution in [0.5, 0.6) is 0 Å². The highest BCUT2D eigenvalue weighted by Gasteiger charge is 2.72. The van der Waals surface area contributed by atoms with Crippen molar-refractivity contribution in [3.63, 3.8) is 0 Å². The van der Waals surface area contributed by atoms with Crippen molar-refractivity contribution >= 4 is 34.6 Å². The van der Waals surface area contributed by atoms with Gasteiger partial charge in [0.15, 0.2) is 0 Å². The van der Waals surface area contributed by atoms with Crippen LogP contribution in [0.2, 0.25) is 5.04 Å². The molecule has 2 saturated carbocycles. The molecule has 2 bridgehead atoms. The molecule has 1 saturated heterocycles. The molecule has 1 amide bonds. The second-order valence-corrected chi connectivity index (χ2v) is 20.6. The molecule has 5 atom stereocenters. The fourth-order valence-corrected chi connectivity index (χ4v) is 15.9. The number of nitrogens with zero attached hydrogens (tertiary/aromatic N) is 1. The van der Waals surface area contributed by atoms with Crippen LogP contribution in [0, 0.1) is 28.6 Å². The number of carbonyl (C=O) groups excluding carboxylic acids is 1. The molecule has 2 aromatic carbocycles. The summed E-state index contributed by atoms with van der Waals surface area (Å²) in [5, 5.41) is 2.35. The number of hydrogen-bond donors (Lipinski definition) is 0. The molecule has 1 spiro atoms. The molecule has 5 rings (SSSR count). The molecule has 1 aliphatic heterocycles. The Morgan fingerprint density at radius 1 is 1.02 bits per heavy atom. The maximum atomic E-state index is 13.8. The minimum absolute atomic E-state index is 0.0417. The first-order valence-electron chi connectivity index (χ1n) is 15.0. The minimum Gasteiger partial charge on any atom is -0.407 e. The second kappa shape index (κ2) is 10.1. The van der Waals surface area contributed by atoms with E-state index in [0.29, 0.717) is 18.9 Å². The van der Waals surface area contributed by atoms with Gasteiger partial charge in [-0.3, -0.25) is 4.79 Å². The van der Waals surface area contributed by atoms with Crippen LogP contribution in [-0.2, 0) is 19.2 Å². The van der Waals surface area contributed by atoms with Gasteiger partial charge >= 0.3 is 0 Å². The highest BCUT2D eigenvalue weighted by Crippen LogP contribution is 2.70. The van der Waals surface area contributed by atoms with Crippen molar-refractivity contribution in [1.29, 1.82) is 0 Å². The molecule has 218 valence electrons. The van der Waals surface area contributed by atoms with E-state index in [-0.39, 0.29) is 45.4 Å². The monoisotopic (exact) mass is 581 g/mol. The van der Waals surface area contributed by atoms with Crippen molar-refractivity contribution in [1.82, 2.24) is 4.31 Å². The smallest absolute Gasteiger partial charge is 0.261 e. The zero-order valence-electron chi connectivity index (χ0n) is 25.3. The lowest BCUT2D eigenvalue weighted by Crippen LogP contribution is -2.66.